The van der Waals surface area contributed by atoms with Crippen LogP contribution in [0.5, 0.6) is 0 Å². The SMILES string of the molecule is CCC(C(=O)NCCN1C(=O)SC(=Cc2ccccc2)C1=O)c1ccccc1. The number of amides is 3. The Morgan fingerprint density at radius 1 is 1.07 bits per heavy atom. The quantitative estimate of drug-likeness (QED) is 0.720. The number of benzene rings is 2. The van der Waals surface area contributed by atoms with Crippen molar-refractivity contribution >= 4 is 34.9 Å². The van der Waals surface area contributed by atoms with Gasteiger partial charge in [-0.25, -0.2) is 0 Å². The zero-order valence-corrected chi connectivity index (χ0v) is 16.4. The van der Waals surface area contributed by atoms with E-state index < -0.39 is 0 Å². The van der Waals surface area contributed by atoms with Crippen LogP contribution < -0.4 is 5.32 Å². The molecular formula is C22H22N2O3S. The lowest BCUT2D eigenvalue weighted by atomic mass is 9.96. The molecule has 1 aliphatic heterocycles. The first-order valence-corrected chi connectivity index (χ1v) is 10.0. The molecule has 2 aromatic carbocycles. The number of nitrogens with one attached hydrogen (secondary N) is 1. The van der Waals surface area contributed by atoms with Crippen LogP contribution in [0.1, 0.15) is 30.4 Å². The lowest BCUT2D eigenvalue weighted by Crippen LogP contribution is -2.38. The zero-order valence-electron chi connectivity index (χ0n) is 15.6. The molecule has 5 nitrogen and oxygen atoms in total. The molecule has 1 N–H and O–H groups in total. The first-order valence-electron chi connectivity index (χ1n) is 9.23. The van der Waals surface area contributed by atoms with Crippen molar-refractivity contribution in [2.75, 3.05) is 13.1 Å². The van der Waals surface area contributed by atoms with E-state index in [0.29, 0.717) is 11.3 Å². The second kappa shape index (κ2) is 9.37. The van der Waals surface area contributed by atoms with E-state index in [9.17, 15) is 14.4 Å². The standard InChI is InChI=1S/C22H22N2O3S/c1-2-18(17-11-7-4-8-12-17)20(25)23-13-14-24-21(26)19(28-22(24)27)15-16-9-5-3-6-10-16/h3-12,15,18H,2,13-14H2,1H3,(H,23,25). The van der Waals surface area contributed by atoms with Gasteiger partial charge in [-0.15, -0.1) is 0 Å². The van der Waals surface area contributed by atoms with Crippen LogP contribution in [-0.2, 0) is 9.59 Å². The fourth-order valence-electron chi connectivity index (χ4n) is 3.07. The molecule has 1 aliphatic rings. The van der Waals surface area contributed by atoms with Crippen molar-refractivity contribution in [2.24, 2.45) is 0 Å². The van der Waals surface area contributed by atoms with Crippen LogP contribution in [-0.4, -0.2) is 35.0 Å². The molecule has 1 atom stereocenters. The summed E-state index contributed by atoms with van der Waals surface area (Å²) in [6, 6.07) is 19.0. The van der Waals surface area contributed by atoms with Crippen molar-refractivity contribution < 1.29 is 14.4 Å². The lowest BCUT2D eigenvalue weighted by Gasteiger charge is -2.17. The van der Waals surface area contributed by atoms with Gasteiger partial charge in [0.25, 0.3) is 11.1 Å². The molecule has 0 spiro atoms. The third-order valence-corrected chi connectivity index (χ3v) is 5.44. The zero-order chi connectivity index (χ0) is 19.9. The molecule has 1 unspecified atom stereocenters. The highest BCUT2D eigenvalue weighted by molar-refractivity contribution is 8.18. The van der Waals surface area contributed by atoms with Crippen LogP contribution in [0.2, 0.25) is 0 Å². The second-order valence-electron chi connectivity index (χ2n) is 6.41. The molecule has 0 saturated carbocycles. The van der Waals surface area contributed by atoms with Crippen molar-refractivity contribution in [3.8, 4) is 0 Å². The summed E-state index contributed by atoms with van der Waals surface area (Å²) in [7, 11) is 0. The van der Waals surface area contributed by atoms with Crippen molar-refractivity contribution in [1.29, 1.82) is 0 Å². The fraction of sp³-hybridized carbons (Fsp3) is 0.227. The van der Waals surface area contributed by atoms with Gasteiger partial charge in [-0.3, -0.25) is 19.3 Å². The van der Waals surface area contributed by atoms with E-state index in [2.05, 4.69) is 5.32 Å². The van der Waals surface area contributed by atoms with Gasteiger partial charge < -0.3 is 5.32 Å². The average Bonchev–Trinajstić information content (AvgIpc) is 2.97. The Bertz CT molecular complexity index is 881. The Morgan fingerprint density at radius 2 is 1.71 bits per heavy atom. The van der Waals surface area contributed by atoms with Gasteiger partial charge in [0, 0.05) is 13.1 Å². The minimum atomic E-state index is -0.316. The maximum Gasteiger partial charge on any atom is 0.293 e. The van der Waals surface area contributed by atoms with E-state index in [1.807, 2.05) is 67.6 Å². The third kappa shape index (κ3) is 4.70. The number of nitrogens with zero attached hydrogens (tertiary/aromatic N) is 1. The third-order valence-electron chi connectivity index (χ3n) is 4.53. The first kappa shape index (κ1) is 19.9. The minimum absolute atomic E-state index is 0.0968. The summed E-state index contributed by atoms with van der Waals surface area (Å²) in [6.45, 7) is 2.36. The molecule has 0 bridgehead atoms. The number of hydrogen-bond donors (Lipinski definition) is 1. The average molecular weight is 394 g/mol. The largest absolute Gasteiger partial charge is 0.354 e. The van der Waals surface area contributed by atoms with Crippen molar-refractivity contribution in [3.63, 3.8) is 0 Å². The van der Waals surface area contributed by atoms with Gasteiger partial charge in [0.1, 0.15) is 0 Å². The summed E-state index contributed by atoms with van der Waals surface area (Å²) in [5, 5.41) is 2.54. The molecule has 28 heavy (non-hydrogen) atoms. The molecule has 0 aromatic heterocycles. The van der Waals surface area contributed by atoms with E-state index in [1.54, 1.807) is 6.08 Å². The van der Waals surface area contributed by atoms with E-state index >= 15 is 0 Å². The van der Waals surface area contributed by atoms with Crippen molar-refractivity contribution in [3.05, 3.63) is 76.7 Å². The topological polar surface area (TPSA) is 66.5 Å². The Balaban J connectivity index is 1.57. The summed E-state index contributed by atoms with van der Waals surface area (Å²) in [5.41, 5.74) is 1.83. The summed E-state index contributed by atoms with van der Waals surface area (Å²) in [5.74, 6) is -0.655. The summed E-state index contributed by atoms with van der Waals surface area (Å²) in [4.78, 5) is 38.8. The number of thioether (sulfide) groups is 1. The highest BCUT2D eigenvalue weighted by Crippen LogP contribution is 2.31. The molecule has 3 amide bonds. The fourth-order valence-corrected chi connectivity index (χ4v) is 3.93. The van der Waals surface area contributed by atoms with Crippen LogP contribution >= 0.6 is 11.8 Å². The van der Waals surface area contributed by atoms with Crippen molar-refractivity contribution in [1.82, 2.24) is 10.2 Å². The van der Waals surface area contributed by atoms with Crippen LogP contribution in [0.4, 0.5) is 4.79 Å². The van der Waals surface area contributed by atoms with Crippen LogP contribution in [0, 0.1) is 0 Å². The molecule has 1 heterocycles. The number of carbonyl (C=O) groups excluding carboxylic acids is 3. The van der Waals surface area contributed by atoms with Crippen LogP contribution in [0.15, 0.2) is 65.6 Å². The maximum absolute atomic E-state index is 12.5. The Labute approximate surface area is 168 Å². The van der Waals surface area contributed by atoms with Gasteiger partial charge in [-0.05, 0) is 35.4 Å². The van der Waals surface area contributed by atoms with Gasteiger partial charge in [-0.2, -0.15) is 0 Å². The van der Waals surface area contributed by atoms with Gasteiger partial charge in [0.05, 0.1) is 10.8 Å². The molecule has 3 rings (SSSR count). The number of imide groups is 1. The predicted octanol–water partition coefficient (Wildman–Crippen LogP) is 4.03. The number of carbonyl (C=O) groups is 3. The van der Waals surface area contributed by atoms with Gasteiger partial charge in [0.2, 0.25) is 5.91 Å². The predicted molar refractivity (Wildman–Crippen MR) is 112 cm³/mol. The van der Waals surface area contributed by atoms with E-state index in [0.717, 1.165) is 22.9 Å². The molecule has 144 valence electrons. The molecule has 2 aromatic rings. The molecule has 6 heteroatoms. The molecule has 1 fully saturated rings. The van der Waals surface area contributed by atoms with Crippen molar-refractivity contribution in [2.45, 2.75) is 19.3 Å². The Hall–Kier alpha value is -2.86. The van der Waals surface area contributed by atoms with Crippen LogP contribution in [0.25, 0.3) is 6.08 Å². The highest BCUT2D eigenvalue weighted by Gasteiger charge is 2.34. The lowest BCUT2D eigenvalue weighted by molar-refractivity contribution is -0.125. The van der Waals surface area contributed by atoms with E-state index in [4.69, 9.17) is 0 Å². The van der Waals surface area contributed by atoms with E-state index in [1.165, 1.54) is 4.90 Å². The van der Waals surface area contributed by atoms with E-state index in [-0.39, 0.29) is 36.1 Å². The monoisotopic (exact) mass is 394 g/mol. The normalized spacial score (nSPS) is 16.5. The van der Waals surface area contributed by atoms with Crippen LogP contribution in [0.3, 0.4) is 0 Å². The van der Waals surface area contributed by atoms with Gasteiger partial charge in [0.15, 0.2) is 0 Å². The maximum atomic E-state index is 12.5. The molecule has 0 aliphatic carbocycles. The highest BCUT2D eigenvalue weighted by atomic mass is 32.2. The molecular weight excluding hydrogens is 372 g/mol. The first-order chi connectivity index (χ1) is 13.6. The Morgan fingerprint density at radius 3 is 2.36 bits per heavy atom. The molecule has 1 saturated heterocycles. The minimum Gasteiger partial charge on any atom is -0.354 e. The number of hydrogen-bond acceptors (Lipinski definition) is 4. The number of rotatable bonds is 7. The van der Waals surface area contributed by atoms with Gasteiger partial charge in [-0.1, -0.05) is 67.6 Å². The second-order valence-corrected chi connectivity index (χ2v) is 7.40. The summed E-state index contributed by atoms with van der Waals surface area (Å²) < 4.78 is 0. The smallest absolute Gasteiger partial charge is 0.293 e. The molecule has 0 radical (unpaired) electrons. The Kier molecular flexibility index (Phi) is 6.66. The summed E-state index contributed by atoms with van der Waals surface area (Å²) in [6.07, 6.45) is 2.39. The van der Waals surface area contributed by atoms with Gasteiger partial charge >= 0.3 is 0 Å². The summed E-state index contributed by atoms with van der Waals surface area (Å²) >= 11 is 0.929.